The van der Waals surface area contributed by atoms with Crippen molar-refractivity contribution in [2.45, 2.75) is 32.1 Å². The number of nitrogens with one attached hydrogen (secondary N) is 2. The molecule has 17 heavy (non-hydrogen) atoms. The first-order valence-electron chi connectivity index (χ1n) is 6.36. The lowest BCUT2D eigenvalue weighted by Gasteiger charge is -2.08. The Labute approximate surface area is 103 Å². The number of carbonyl (C=O) groups excluding carboxylic acids is 1. The van der Waals surface area contributed by atoms with Crippen LogP contribution >= 0.6 is 0 Å². The fourth-order valence-electron chi connectivity index (χ4n) is 2.29. The minimum Gasteiger partial charge on any atom is -0.385 e. The lowest BCUT2D eigenvalue weighted by atomic mass is 10.1. The quantitative estimate of drug-likeness (QED) is 0.763. The summed E-state index contributed by atoms with van der Waals surface area (Å²) in [4.78, 5) is 11.0. The van der Waals surface area contributed by atoms with E-state index in [1.807, 2.05) is 0 Å². The topological polar surface area (TPSA) is 41.1 Å². The molecule has 92 valence electrons. The van der Waals surface area contributed by atoms with Crippen LogP contribution in [-0.4, -0.2) is 19.5 Å². The Hall–Kier alpha value is -1.51. The van der Waals surface area contributed by atoms with Crippen LogP contribution in [0.2, 0.25) is 0 Å². The zero-order chi connectivity index (χ0) is 12.1. The zero-order valence-corrected chi connectivity index (χ0v) is 10.4. The molecule has 1 aliphatic rings. The summed E-state index contributed by atoms with van der Waals surface area (Å²) < 4.78 is 0. The molecule has 1 aromatic rings. The van der Waals surface area contributed by atoms with Crippen LogP contribution < -0.4 is 10.6 Å². The molecule has 0 spiro atoms. The molecule has 0 aromatic heterocycles. The van der Waals surface area contributed by atoms with Gasteiger partial charge >= 0.3 is 0 Å². The molecule has 1 amide bonds. The van der Waals surface area contributed by atoms with Crippen molar-refractivity contribution in [2.75, 3.05) is 18.9 Å². The largest absolute Gasteiger partial charge is 0.385 e. The Balaban J connectivity index is 1.78. The van der Waals surface area contributed by atoms with E-state index in [2.05, 4.69) is 28.8 Å². The molecule has 0 radical (unpaired) electrons. The number of hydrogen-bond donors (Lipinski definition) is 2. The van der Waals surface area contributed by atoms with Gasteiger partial charge in [-0.1, -0.05) is 6.07 Å². The second-order valence-electron chi connectivity index (χ2n) is 4.54. The van der Waals surface area contributed by atoms with Crippen LogP contribution in [0.15, 0.2) is 18.2 Å². The second kappa shape index (κ2) is 5.71. The zero-order valence-electron chi connectivity index (χ0n) is 10.4. The number of rotatable bonds is 5. The molecule has 0 heterocycles. The molecule has 1 aromatic carbocycles. The molecule has 0 fully saturated rings. The van der Waals surface area contributed by atoms with Gasteiger partial charge in [0.05, 0.1) is 0 Å². The fourth-order valence-corrected chi connectivity index (χ4v) is 2.29. The van der Waals surface area contributed by atoms with E-state index in [4.69, 9.17) is 0 Å². The summed E-state index contributed by atoms with van der Waals surface area (Å²) >= 11 is 0. The molecule has 1 aliphatic carbocycles. The van der Waals surface area contributed by atoms with Crippen molar-refractivity contribution in [3.63, 3.8) is 0 Å². The van der Waals surface area contributed by atoms with Crippen molar-refractivity contribution in [1.29, 1.82) is 0 Å². The molecule has 3 heteroatoms. The summed E-state index contributed by atoms with van der Waals surface area (Å²) in [5.41, 5.74) is 4.17. The number of anilines is 1. The molecule has 0 bridgehead atoms. The number of benzene rings is 1. The van der Waals surface area contributed by atoms with Gasteiger partial charge in [0.1, 0.15) is 0 Å². The third-order valence-corrected chi connectivity index (χ3v) is 3.29. The fraction of sp³-hybridized carbons (Fsp3) is 0.500. The number of amides is 1. The molecule has 0 aliphatic heterocycles. The molecule has 0 saturated heterocycles. The van der Waals surface area contributed by atoms with Crippen molar-refractivity contribution in [3.05, 3.63) is 29.3 Å². The van der Waals surface area contributed by atoms with E-state index in [0.717, 1.165) is 13.0 Å². The summed E-state index contributed by atoms with van der Waals surface area (Å²) in [6.45, 7) is 0.853. The van der Waals surface area contributed by atoms with Crippen molar-refractivity contribution in [2.24, 2.45) is 0 Å². The maximum atomic E-state index is 11.0. The highest BCUT2D eigenvalue weighted by molar-refractivity contribution is 5.75. The van der Waals surface area contributed by atoms with E-state index in [1.54, 1.807) is 7.05 Å². The van der Waals surface area contributed by atoms with E-state index in [0.29, 0.717) is 6.42 Å². The van der Waals surface area contributed by atoms with Crippen LogP contribution in [0.3, 0.4) is 0 Å². The van der Waals surface area contributed by atoms with Crippen molar-refractivity contribution in [1.82, 2.24) is 5.32 Å². The van der Waals surface area contributed by atoms with Gasteiger partial charge in [-0.3, -0.25) is 4.79 Å². The third kappa shape index (κ3) is 3.22. The van der Waals surface area contributed by atoms with Gasteiger partial charge in [-0.15, -0.1) is 0 Å². The minimum absolute atomic E-state index is 0.112. The summed E-state index contributed by atoms with van der Waals surface area (Å²) in [6, 6.07) is 6.62. The van der Waals surface area contributed by atoms with Gasteiger partial charge < -0.3 is 10.6 Å². The van der Waals surface area contributed by atoms with E-state index >= 15 is 0 Å². The molecule has 3 nitrogen and oxygen atoms in total. The van der Waals surface area contributed by atoms with E-state index in [-0.39, 0.29) is 5.91 Å². The van der Waals surface area contributed by atoms with Gasteiger partial charge in [0, 0.05) is 25.7 Å². The first kappa shape index (κ1) is 12.0. The minimum atomic E-state index is 0.112. The number of aryl methyl sites for hydroxylation is 2. The van der Waals surface area contributed by atoms with Crippen molar-refractivity contribution < 1.29 is 4.79 Å². The van der Waals surface area contributed by atoms with Gasteiger partial charge in [-0.05, 0) is 48.9 Å². The number of hydrogen-bond acceptors (Lipinski definition) is 2. The SMILES string of the molecule is CNC(=O)CCCNc1ccc2c(c1)CCC2. The molecule has 0 saturated carbocycles. The molecule has 2 N–H and O–H groups in total. The van der Waals surface area contributed by atoms with E-state index < -0.39 is 0 Å². The van der Waals surface area contributed by atoms with Crippen LogP contribution in [-0.2, 0) is 17.6 Å². The van der Waals surface area contributed by atoms with Crippen molar-refractivity contribution >= 4 is 11.6 Å². The van der Waals surface area contributed by atoms with Crippen LogP contribution in [0.5, 0.6) is 0 Å². The maximum absolute atomic E-state index is 11.0. The highest BCUT2D eigenvalue weighted by Gasteiger charge is 2.10. The van der Waals surface area contributed by atoms with E-state index in [9.17, 15) is 4.79 Å². The predicted molar refractivity (Wildman–Crippen MR) is 70.3 cm³/mol. The van der Waals surface area contributed by atoms with Crippen LogP contribution in [0, 0.1) is 0 Å². The first-order chi connectivity index (χ1) is 8.29. The monoisotopic (exact) mass is 232 g/mol. The van der Waals surface area contributed by atoms with Crippen LogP contribution in [0.1, 0.15) is 30.4 Å². The van der Waals surface area contributed by atoms with E-state index in [1.165, 1.54) is 36.1 Å². The molecule has 0 unspecified atom stereocenters. The van der Waals surface area contributed by atoms with Gasteiger partial charge in [-0.2, -0.15) is 0 Å². The van der Waals surface area contributed by atoms with Crippen molar-refractivity contribution in [3.8, 4) is 0 Å². The Morgan fingerprint density at radius 1 is 1.29 bits per heavy atom. The van der Waals surface area contributed by atoms with Gasteiger partial charge in [0.2, 0.25) is 5.91 Å². The molecular formula is C14H20N2O. The Morgan fingerprint density at radius 2 is 2.12 bits per heavy atom. The summed E-state index contributed by atoms with van der Waals surface area (Å²) in [6.07, 6.45) is 5.19. The normalized spacial score (nSPS) is 13.2. The van der Waals surface area contributed by atoms with Gasteiger partial charge in [-0.25, -0.2) is 0 Å². The average Bonchev–Trinajstić information content (AvgIpc) is 2.81. The highest BCUT2D eigenvalue weighted by atomic mass is 16.1. The molecule has 0 atom stereocenters. The lowest BCUT2D eigenvalue weighted by molar-refractivity contribution is -0.120. The third-order valence-electron chi connectivity index (χ3n) is 3.29. The number of carbonyl (C=O) groups is 1. The maximum Gasteiger partial charge on any atom is 0.219 e. The Kier molecular flexibility index (Phi) is 4.02. The van der Waals surface area contributed by atoms with Crippen LogP contribution in [0.25, 0.3) is 0 Å². The standard InChI is InChI=1S/C14H20N2O/c1-15-14(17)6-3-9-16-13-8-7-11-4-2-5-12(11)10-13/h7-8,10,16H,2-6,9H2,1H3,(H,15,17). The predicted octanol–water partition coefficient (Wildman–Crippen LogP) is 2.11. The Bertz CT molecular complexity index is 401. The first-order valence-corrected chi connectivity index (χ1v) is 6.36. The summed E-state index contributed by atoms with van der Waals surface area (Å²) in [5.74, 6) is 0.112. The summed E-state index contributed by atoms with van der Waals surface area (Å²) in [5, 5.41) is 6.00. The average molecular weight is 232 g/mol. The lowest BCUT2D eigenvalue weighted by Crippen LogP contribution is -2.18. The second-order valence-corrected chi connectivity index (χ2v) is 4.54. The number of fused-ring (bicyclic) bond motifs is 1. The summed E-state index contributed by atoms with van der Waals surface area (Å²) in [7, 11) is 1.68. The highest BCUT2D eigenvalue weighted by Crippen LogP contribution is 2.24. The smallest absolute Gasteiger partial charge is 0.219 e. The van der Waals surface area contributed by atoms with Crippen LogP contribution in [0.4, 0.5) is 5.69 Å². The molecule has 2 rings (SSSR count). The van der Waals surface area contributed by atoms with Gasteiger partial charge in [0.25, 0.3) is 0 Å². The Morgan fingerprint density at radius 3 is 2.94 bits per heavy atom. The van der Waals surface area contributed by atoms with Gasteiger partial charge in [0.15, 0.2) is 0 Å². The molecular weight excluding hydrogens is 212 g/mol.